The predicted octanol–water partition coefficient (Wildman–Crippen LogP) is 4.40. The normalized spacial score (nSPS) is 13.9. The van der Waals surface area contributed by atoms with Crippen molar-refractivity contribution in [3.8, 4) is 0 Å². The second kappa shape index (κ2) is 7.29. The van der Waals surface area contributed by atoms with Crippen molar-refractivity contribution in [2.75, 3.05) is 0 Å². The van der Waals surface area contributed by atoms with Crippen molar-refractivity contribution >= 4 is 0 Å². The van der Waals surface area contributed by atoms with Gasteiger partial charge in [0.05, 0.1) is 11.6 Å². The van der Waals surface area contributed by atoms with Crippen LogP contribution in [0.2, 0.25) is 0 Å². The maximum absolute atomic E-state index is 13.2. The summed E-state index contributed by atoms with van der Waals surface area (Å²) in [4.78, 5) is 8.90. The molecule has 0 saturated carbocycles. The van der Waals surface area contributed by atoms with Crippen LogP contribution in [0.4, 0.5) is 13.2 Å². The molecule has 2 aromatic heterocycles. The molecule has 142 valence electrons. The number of hydrogen-bond donors (Lipinski definition) is 0. The van der Waals surface area contributed by atoms with E-state index >= 15 is 0 Å². The van der Waals surface area contributed by atoms with E-state index in [4.69, 9.17) is 0 Å². The highest BCUT2D eigenvalue weighted by molar-refractivity contribution is 5.16. The molecular weight excluding hydrogens is 341 g/mol. The molecule has 0 saturated heterocycles. The first-order valence-electron chi connectivity index (χ1n) is 8.70. The van der Waals surface area contributed by atoms with Crippen molar-refractivity contribution in [1.29, 1.82) is 0 Å². The van der Waals surface area contributed by atoms with E-state index in [9.17, 15) is 13.2 Å². The van der Waals surface area contributed by atoms with Crippen molar-refractivity contribution < 1.29 is 17.9 Å². The van der Waals surface area contributed by atoms with Crippen LogP contribution < -0.4 is 4.68 Å². The molecule has 0 amide bonds. The Morgan fingerprint density at radius 1 is 1.12 bits per heavy atom. The van der Waals surface area contributed by atoms with Gasteiger partial charge in [-0.15, -0.1) is 0 Å². The maximum Gasteiger partial charge on any atom is 0.439 e. The molecule has 0 radical (unpaired) electrons. The lowest BCUT2D eigenvalue weighted by atomic mass is 9.95. The van der Waals surface area contributed by atoms with Crippen molar-refractivity contribution in [2.45, 2.75) is 71.5 Å². The summed E-state index contributed by atoms with van der Waals surface area (Å²) in [7, 11) is 0. The molecule has 0 aliphatic carbocycles. The Morgan fingerprint density at radius 2 is 1.77 bits per heavy atom. The van der Waals surface area contributed by atoms with Gasteiger partial charge in [-0.2, -0.15) is 13.2 Å². The third-order valence-corrected chi connectivity index (χ3v) is 4.11. The largest absolute Gasteiger partial charge is 0.439 e. The van der Waals surface area contributed by atoms with Crippen molar-refractivity contribution in [2.24, 2.45) is 0 Å². The SMILES string of the molecule is CC(C)c1cc(C(F)(F)F)n[n+](CC(C)c2ccnc(C(C)(C)C)n2)c1. The van der Waals surface area contributed by atoms with Crippen molar-refractivity contribution in [3.63, 3.8) is 0 Å². The molecule has 26 heavy (non-hydrogen) atoms. The highest BCUT2D eigenvalue weighted by Gasteiger charge is 2.36. The predicted molar refractivity (Wildman–Crippen MR) is 92.7 cm³/mol. The molecule has 0 spiro atoms. The molecule has 0 fully saturated rings. The van der Waals surface area contributed by atoms with E-state index in [0.717, 1.165) is 11.8 Å². The van der Waals surface area contributed by atoms with Crippen LogP contribution in [0, 0.1) is 0 Å². The van der Waals surface area contributed by atoms with Crippen LogP contribution in [0.5, 0.6) is 0 Å². The Balaban J connectivity index is 2.34. The van der Waals surface area contributed by atoms with Crippen LogP contribution in [-0.4, -0.2) is 15.1 Å². The highest BCUT2D eigenvalue weighted by Crippen LogP contribution is 2.28. The van der Waals surface area contributed by atoms with Gasteiger partial charge in [0.1, 0.15) is 5.82 Å². The molecule has 0 aromatic carbocycles. The molecule has 2 aromatic rings. The number of hydrogen-bond acceptors (Lipinski definition) is 3. The van der Waals surface area contributed by atoms with Crippen LogP contribution in [0.25, 0.3) is 0 Å². The molecule has 0 aliphatic heterocycles. The van der Waals surface area contributed by atoms with Crippen LogP contribution in [0.1, 0.15) is 76.2 Å². The summed E-state index contributed by atoms with van der Waals surface area (Å²) in [5.41, 5.74) is 0.344. The summed E-state index contributed by atoms with van der Waals surface area (Å²) in [6.45, 7) is 12.0. The fraction of sp³-hybridized carbons (Fsp3) is 0.579. The first kappa shape index (κ1) is 20.3. The number of halogens is 3. The smallest absolute Gasteiger partial charge is 0.241 e. The van der Waals surface area contributed by atoms with Gasteiger partial charge in [0, 0.05) is 22.3 Å². The highest BCUT2D eigenvalue weighted by atomic mass is 19.4. The van der Waals surface area contributed by atoms with Gasteiger partial charge in [-0.25, -0.2) is 9.97 Å². The lowest BCUT2D eigenvalue weighted by molar-refractivity contribution is -0.757. The Bertz CT molecular complexity index is 764. The molecule has 2 heterocycles. The van der Waals surface area contributed by atoms with Gasteiger partial charge in [-0.1, -0.05) is 46.2 Å². The first-order valence-corrected chi connectivity index (χ1v) is 8.70. The van der Waals surface area contributed by atoms with E-state index in [0.29, 0.717) is 17.9 Å². The van der Waals surface area contributed by atoms with Gasteiger partial charge < -0.3 is 0 Å². The summed E-state index contributed by atoms with van der Waals surface area (Å²) in [5.74, 6) is 0.596. The number of alkyl halides is 3. The molecular formula is C19H26F3N4+. The Hall–Kier alpha value is -2.05. The van der Waals surface area contributed by atoms with Gasteiger partial charge in [0.2, 0.25) is 5.69 Å². The van der Waals surface area contributed by atoms with Gasteiger partial charge in [-0.05, 0) is 18.1 Å². The molecule has 0 aliphatic rings. The maximum atomic E-state index is 13.2. The number of rotatable bonds is 4. The first-order chi connectivity index (χ1) is 11.9. The van der Waals surface area contributed by atoms with E-state index < -0.39 is 11.9 Å². The average molecular weight is 367 g/mol. The van der Waals surface area contributed by atoms with Gasteiger partial charge in [0.15, 0.2) is 12.7 Å². The van der Waals surface area contributed by atoms with E-state index in [1.54, 1.807) is 18.5 Å². The Labute approximate surface area is 152 Å². The van der Waals surface area contributed by atoms with Gasteiger partial charge in [0.25, 0.3) is 0 Å². The van der Waals surface area contributed by atoms with Gasteiger partial charge in [-0.3, -0.25) is 0 Å². The second-order valence-corrected chi connectivity index (χ2v) is 7.99. The summed E-state index contributed by atoms with van der Waals surface area (Å²) in [5, 5.41) is 3.77. The van der Waals surface area contributed by atoms with Crippen LogP contribution in [0.3, 0.4) is 0 Å². The molecule has 0 N–H and O–H groups in total. The van der Waals surface area contributed by atoms with E-state index in [1.807, 2.05) is 41.5 Å². The van der Waals surface area contributed by atoms with Gasteiger partial charge >= 0.3 is 6.18 Å². The molecule has 4 nitrogen and oxygen atoms in total. The van der Waals surface area contributed by atoms with Crippen molar-refractivity contribution in [3.05, 3.63) is 47.3 Å². The van der Waals surface area contributed by atoms with Crippen LogP contribution in [-0.2, 0) is 18.1 Å². The molecule has 2 rings (SSSR count). The molecule has 0 bridgehead atoms. The minimum absolute atomic E-state index is 0.0211. The zero-order valence-electron chi connectivity index (χ0n) is 16.1. The van der Waals surface area contributed by atoms with Crippen LogP contribution >= 0.6 is 0 Å². The standard InChI is InChI=1S/C19H26F3N4/c1-12(2)14-9-16(19(20,21)22)25-26(11-14)10-13(3)15-7-8-23-17(24-15)18(4,5)6/h7-9,11-13H,10H2,1-6H3/q+1. The zero-order chi connectivity index (χ0) is 19.7. The fourth-order valence-corrected chi connectivity index (χ4v) is 2.49. The third kappa shape index (κ3) is 4.99. The van der Waals surface area contributed by atoms with E-state index in [1.165, 1.54) is 4.68 Å². The number of nitrogens with zero attached hydrogens (tertiary/aromatic N) is 4. The summed E-state index contributed by atoms with van der Waals surface area (Å²) in [6, 6.07) is 2.92. The Morgan fingerprint density at radius 3 is 2.31 bits per heavy atom. The summed E-state index contributed by atoms with van der Waals surface area (Å²) >= 11 is 0. The fourth-order valence-electron chi connectivity index (χ4n) is 2.49. The van der Waals surface area contributed by atoms with E-state index in [-0.39, 0.29) is 17.3 Å². The lowest BCUT2D eigenvalue weighted by Gasteiger charge is -2.18. The number of aromatic nitrogens is 4. The lowest BCUT2D eigenvalue weighted by Crippen LogP contribution is -2.42. The second-order valence-electron chi connectivity index (χ2n) is 7.99. The quantitative estimate of drug-likeness (QED) is 0.752. The molecule has 7 heteroatoms. The summed E-state index contributed by atoms with van der Waals surface area (Å²) < 4.78 is 40.9. The minimum Gasteiger partial charge on any atom is -0.241 e. The average Bonchev–Trinajstić information content (AvgIpc) is 2.53. The molecule has 1 atom stereocenters. The van der Waals surface area contributed by atoms with Crippen molar-refractivity contribution in [1.82, 2.24) is 15.1 Å². The molecule has 1 unspecified atom stereocenters. The summed E-state index contributed by atoms with van der Waals surface area (Å²) in [6.07, 6.45) is -1.09. The van der Waals surface area contributed by atoms with E-state index in [2.05, 4.69) is 15.1 Å². The zero-order valence-corrected chi connectivity index (χ0v) is 16.1. The topological polar surface area (TPSA) is 42.5 Å². The third-order valence-electron chi connectivity index (χ3n) is 4.11. The Kier molecular flexibility index (Phi) is 5.68. The van der Waals surface area contributed by atoms with Crippen LogP contribution in [0.15, 0.2) is 24.5 Å². The minimum atomic E-state index is -4.47. The monoisotopic (exact) mass is 367 g/mol.